The summed E-state index contributed by atoms with van der Waals surface area (Å²) in [7, 11) is 0. The summed E-state index contributed by atoms with van der Waals surface area (Å²) in [5.41, 5.74) is 3.03. The van der Waals surface area contributed by atoms with Crippen molar-refractivity contribution in [2.24, 2.45) is 11.0 Å². The van der Waals surface area contributed by atoms with Crippen molar-refractivity contribution in [2.45, 2.75) is 17.9 Å². The molecule has 2 aromatic rings. The van der Waals surface area contributed by atoms with E-state index in [2.05, 4.69) is 5.10 Å². The van der Waals surface area contributed by atoms with Crippen LogP contribution in [0.1, 0.15) is 24.1 Å². The van der Waals surface area contributed by atoms with E-state index in [1.54, 1.807) is 23.7 Å². The van der Waals surface area contributed by atoms with Crippen LogP contribution in [0.15, 0.2) is 52.5 Å². The molecule has 2 heterocycles. The van der Waals surface area contributed by atoms with Gasteiger partial charge < -0.3 is 0 Å². The van der Waals surface area contributed by atoms with Crippen LogP contribution >= 0.6 is 35.0 Å². The molecule has 0 saturated carbocycles. The van der Waals surface area contributed by atoms with Crippen LogP contribution in [0.2, 0.25) is 10.0 Å². The maximum Gasteiger partial charge on any atom is 0.240 e. The number of hydrazone groups is 1. The summed E-state index contributed by atoms with van der Waals surface area (Å²) in [6.07, 6.45) is 0. The summed E-state index contributed by atoms with van der Waals surface area (Å²) < 4.78 is 0. The molecular formula is C18H14Cl2N2OS. The fourth-order valence-corrected chi connectivity index (χ4v) is 4.78. The fourth-order valence-electron chi connectivity index (χ4n) is 3.30. The van der Waals surface area contributed by atoms with E-state index in [4.69, 9.17) is 23.2 Å². The highest BCUT2D eigenvalue weighted by molar-refractivity contribution is 7.99. The Morgan fingerprint density at radius 1 is 1.17 bits per heavy atom. The number of rotatable bonds is 1. The third-order valence-corrected chi connectivity index (χ3v) is 6.06. The summed E-state index contributed by atoms with van der Waals surface area (Å²) in [6, 6.07) is 13.4. The lowest BCUT2D eigenvalue weighted by atomic mass is 9.88. The van der Waals surface area contributed by atoms with Gasteiger partial charge in [-0.1, -0.05) is 35.3 Å². The van der Waals surface area contributed by atoms with Gasteiger partial charge >= 0.3 is 0 Å². The van der Waals surface area contributed by atoms with E-state index < -0.39 is 0 Å². The molecule has 0 radical (unpaired) electrons. The van der Waals surface area contributed by atoms with Gasteiger partial charge in [0.15, 0.2) is 0 Å². The van der Waals surface area contributed by atoms with Crippen molar-refractivity contribution in [3.63, 3.8) is 0 Å². The molecule has 2 aliphatic rings. The predicted molar refractivity (Wildman–Crippen MR) is 98.9 cm³/mol. The zero-order valence-corrected chi connectivity index (χ0v) is 15.2. The standard InChI is InChI=1S/C18H14Cl2N2OS/c1-10(23)22-18(11-2-4-12(19)5-3-11)15-9-24-16-7-6-13(20)8-14(16)17(15)21-22/h2-8,15,18H,9H2,1H3/t15-,18+/m0/s1. The van der Waals surface area contributed by atoms with Crippen molar-refractivity contribution in [3.8, 4) is 0 Å². The van der Waals surface area contributed by atoms with E-state index in [1.807, 2.05) is 42.5 Å². The number of fused-ring (bicyclic) bond motifs is 3. The van der Waals surface area contributed by atoms with Gasteiger partial charge in [-0.3, -0.25) is 4.79 Å². The highest BCUT2D eigenvalue weighted by Gasteiger charge is 2.43. The molecule has 6 heteroatoms. The lowest BCUT2D eigenvalue weighted by Crippen LogP contribution is -2.31. The Hall–Kier alpha value is -1.49. The molecular weight excluding hydrogens is 363 g/mol. The largest absolute Gasteiger partial charge is 0.273 e. The summed E-state index contributed by atoms with van der Waals surface area (Å²) in [6.45, 7) is 1.55. The number of amides is 1. The van der Waals surface area contributed by atoms with Crippen LogP contribution in [0.25, 0.3) is 0 Å². The molecule has 0 aromatic heterocycles. The van der Waals surface area contributed by atoms with Crippen molar-refractivity contribution in [1.82, 2.24) is 5.01 Å². The molecule has 2 aromatic carbocycles. The van der Waals surface area contributed by atoms with Crippen LogP contribution in [0, 0.1) is 5.92 Å². The van der Waals surface area contributed by atoms with Crippen LogP contribution in [-0.4, -0.2) is 22.4 Å². The predicted octanol–water partition coefficient (Wildman–Crippen LogP) is 5.02. The van der Waals surface area contributed by atoms with Gasteiger partial charge in [0, 0.05) is 39.1 Å². The summed E-state index contributed by atoms with van der Waals surface area (Å²) in [5.74, 6) is 0.960. The number of benzene rings is 2. The first kappa shape index (κ1) is 16.0. The first-order valence-electron chi connectivity index (χ1n) is 7.61. The first-order chi connectivity index (χ1) is 11.5. The Balaban J connectivity index is 1.81. The molecule has 0 saturated heterocycles. The van der Waals surface area contributed by atoms with Crippen molar-refractivity contribution < 1.29 is 4.79 Å². The van der Waals surface area contributed by atoms with Crippen molar-refractivity contribution in [2.75, 3.05) is 5.75 Å². The monoisotopic (exact) mass is 376 g/mol. The third kappa shape index (κ3) is 2.63. The van der Waals surface area contributed by atoms with Crippen LogP contribution in [-0.2, 0) is 4.79 Å². The Morgan fingerprint density at radius 2 is 1.88 bits per heavy atom. The molecule has 0 bridgehead atoms. The van der Waals surface area contributed by atoms with Crippen LogP contribution in [0.3, 0.4) is 0 Å². The van der Waals surface area contributed by atoms with Gasteiger partial charge in [0.05, 0.1) is 11.8 Å². The minimum absolute atomic E-state index is 0.0644. The zero-order chi connectivity index (χ0) is 16.8. The molecule has 1 amide bonds. The molecule has 0 fully saturated rings. The van der Waals surface area contributed by atoms with Crippen molar-refractivity contribution >= 4 is 46.6 Å². The third-order valence-electron chi connectivity index (χ3n) is 4.38. The molecule has 24 heavy (non-hydrogen) atoms. The van der Waals surface area contributed by atoms with E-state index in [0.29, 0.717) is 10.0 Å². The maximum atomic E-state index is 12.2. The number of thioether (sulfide) groups is 1. The topological polar surface area (TPSA) is 32.7 Å². The van der Waals surface area contributed by atoms with Gasteiger partial charge in [-0.25, -0.2) is 5.01 Å². The zero-order valence-electron chi connectivity index (χ0n) is 12.9. The van der Waals surface area contributed by atoms with Gasteiger partial charge in [0.25, 0.3) is 0 Å². The second-order valence-corrected chi connectivity index (χ2v) is 7.84. The molecule has 4 rings (SSSR count). The van der Waals surface area contributed by atoms with Crippen molar-refractivity contribution in [1.29, 1.82) is 0 Å². The number of carbonyl (C=O) groups is 1. The Labute approximate surface area is 154 Å². The van der Waals surface area contributed by atoms with Gasteiger partial charge in [-0.05, 0) is 35.9 Å². The smallest absolute Gasteiger partial charge is 0.240 e. The molecule has 0 aliphatic carbocycles. The van der Waals surface area contributed by atoms with Gasteiger partial charge in [0.2, 0.25) is 5.91 Å². The van der Waals surface area contributed by atoms with Crippen molar-refractivity contribution in [3.05, 3.63) is 63.6 Å². The quantitative estimate of drug-likeness (QED) is 0.699. The second-order valence-electron chi connectivity index (χ2n) is 5.90. The minimum Gasteiger partial charge on any atom is -0.273 e. The van der Waals surface area contributed by atoms with Crippen LogP contribution in [0.4, 0.5) is 0 Å². The number of carbonyl (C=O) groups excluding carboxylic acids is 1. The van der Waals surface area contributed by atoms with E-state index in [9.17, 15) is 4.79 Å². The fraction of sp³-hybridized carbons (Fsp3) is 0.222. The first-order valence-corrected chi connectivity index (χ1v) is 9.35. The average Bonchev–Trinajstić information content (AvgIpc) is 2.96. The molecule has 0 spiro atoms. The van der Waals surface area contributed by atoms with E-state index in [0.717, 1.165) is 27.5 Å². The normalized spacial score (nSPS) is 22.0. The van der Waals surface area contributed by atoms with E-state index in [1.165, 1.54) is 0 Å². The summed E-state index contributed by atoms with van der Waals surface area (Å²) in [5, 5.41) is 7.63. The highest BCUT2D eigenvalue weighted by Crippen LogP contribution is 2.46. The van der Waals surface area contributed by atoms with Crippen LogP contribution < -0.4 is 0 Å². The highest BCUT2D eigenvalue weighted by atomic mass is 35.5. The summed E-state index contributed by atoms with van der Waals surface area (Å²) in [4.78, 5) is 13.3. The lowest BCUT2D eigenvalue weighted by Gasteiger charge is -2.29. The maximum absolute atomic E-state index is 12.2. The Bertz CT molecular complexity index is 851. The van der Waals surface area contributed by atoms with Gasteiger partial charge in [-0.2, -0.15) is 5.10 Å². The van der Waals surface area contributed by atoms with Gasteiger partial charge in [-0.15, -0.1) is 11.8 Å². The molecule has 122 valence electrons. The number of hydrogen-bond donors (Lipinski definition) is 0. The molecule has 2 atom stereocenters. The Kier molecular flexibility index (Phi) is 4.07. The minimum atomic E-state index is -0.102. The molecule has 2 aliphatic heterocycles. The van der Waals surface area contributed by atoms with E-state index >= 15 is 0 Å². The van der Waals surface area contributed by atoms with Crippen LogP contribution in [0.5, 0.6) is 0 Å². The Morgan fingerprint density at radius 3 is 2.58 bits per heavy atom. The molecule has 3 nitrogen and oxygen atoms in total. The number of halogens is 2. The number of hydrogen-bond acceptors (Lipinski definition) is 3. The molecule has 0 N–H and O–H groups in total. The van der Waals surface area contributed by atoms with E-state index in [-0.39, 0.29) is 17.9 Å². The second kappa shape index (κ2) is 6.10. The lowest BCUT2D eigenvalue weighted by molar-refractivity contribution is -0.131. The molecule has 0 unspecified atom stereocenters. The van der Waals surface area contributed by atoms with Gasteiger partial charge in [0.1, 0.15) is 0 Å². The summed E-state index contributed by atoms with van der Waals surface area (Å²) >= 11 is 14.0. The number of nitrogens with zero attached hydrogens (tertiary/aromatic N) is 2. The SMILES string of the molecule is CC(=O)N1N=C2c3cc(Cl)ccc3SC[C@@H]2[C@H]1c1ccc(Cl)cc1. The average molecular weight is 377 g/mol.